The van der Waals surface area contributed by atoms with Gasteiger partial charge >= 0.3 is 0 Å². The summed E-state index contributed by atoms with van der Waals surface area (Å²) >= 11 is 0. The molecule has 0 aliphatic carbocycles. The first-order chi connectivity index (χ1) is 7.99. The molecule has 0 bridgehead atoms. The molecule has 0 aromatic heterocycles. The Kier molecular flexibility index (Phi) is 5.00. The number of aliphatic hydroxyl groups is 1. The first kappa shape index (κ1) is 14.0. The fourth-order valence-electron chi connectivity index (χ4n) is 1.76. The van der Waals surface area contributed by atoms with Crippen LogP contribution in [0, 0.1) is 23.4 Å². The van der Waals surface area contributed by atoms with Crippen LogP contribution < -0.4 is 0 Å². The van der Waals surface area contributed by atoms with E-state index in [2.05, 4.69) is 0 Å². The maximum Gasteiger partial charge on any atom is 0.194 e. The summed E-state index contributed by atoms with van der Waals surface area (Å²) in [5.74, 6) is -4.24. The zero-order chi connectivity index (χ0) is 13.0. The van der Waals surface area contributed by atoms with Crippen molar-refractivity contribution in [1.29, 1.82) is 0 Å². The molecule has 0 saturated heterocycles. The summed E-state index contributed by atoms with van der Waals surface area (Å²) < 4.78 is 39.2. The van der Waals surface area contributed by atoms with Crippen LogP contribution in [0.4, 0.5) is 13.2 Å². The highest BCUT2D eigenvalue weighted by atomic mass is 19.2. The van der Waals surface area contributed by atoms with Gasteiger partial charge in [-0.1, -0.05) is 32.8 Å². The lowest BCUT2D eigenvalue weighted by Gasteiger charge is -2.19. The lowest BCUT2D eigenvalue weighted by atomic mass is 9.92. The first-order valence-electron chi connectivity index (χ1n) is 5.80. The third-order valence-electron chi connectivity index (χ3n) is 2.94. The summed E-state index contributed by atoms with van der Waals surface area (Å²) in [6.07, 6.45) is 1.49. The Balaban J connectivity index is 2.89. The highest BCUT2D eigenvalue weighted by Gasteiger charge is 2.23. The summed E-state index contributed by atoms with van der Waals surface area (Å²) in [7, 11) is 0. The molecule has 0 aliphatic heterocycles. The van der Waals surface area contributed by atoms with Crippen molar-refractivity contribution in [2.24, 2.45) is 5.92 Å². The number of hydrogen-bond donors (Lipinski definition) is 1. The maximum atomic E-state index is 13.4. The summed E-state index contributed by atoms with van der Waals surface area (Å²) in [6.45, 7) is 3.78. The lowest BCUT2D eigenvalue weighted by Crippen LogP contribution is -2.12. The molecular weight excluding hydrogens is 229 g/mol. The Labute approximate surface area is 99.3 Å². The minimum atomic E-state index is -1.52. The molecule has 0 spiro atoms. The van der Waals surface area contributed by atoms with E-state index in [9.17, 15) is 18.3 Å². The molecular formula is C13H17F3O. The number of aliphatic hydroxyl groups excluding tert-OH is 1. The second-order valence-corrected chi connectivity index (χ2v) is 4.33. The van der Waals surface area contributed by atoms with Gasteiger partial charge in [-0.15, -0.1) is 0 Å². The van der Waals surface area contributed by atoms with Crippen LogP contribution in [0.1, 0.15) is 44.8 Å². The van der Waals surface area contributed by atoms with Crippen molar-refractivity contribution in [3.8, 4) is 0 Å². The van der Waals surface area contributed by atoms with Gasteiger partial charge in [0.05, 0.1) is 6.10 Å². The molecule has 2 unspecified atom stereocenters. The third-order valence-corrected chi connectivity index (χ3v) is 2.94. The predicted molar refractivity (Wildman–Crippen MR) is 60.0 cm³/mol. The summed E-state index contributed by atoms with van der Waals surface area (Å²) in [4.78, 5) is 0. The van der Waals surface area contributed by atoms with Crippen LogP contribution in [0.3, 0.4) is 0 Å². The molecule has 0 saturated carbocycles. The monoisotopic (exact) mass is 246 g/mol. The fraction of sp³-hybridized carbons (Fsp3) is 0.538. The summed E-state index contributed by atoms with van der Waals surface area (Å²) in [6, 6.07) is 1.93. The van der Waals surface area contributed by atoms with Gasteiger partial charge in [-0.2, -0.15) is 0 Å². The first-order valence-corrected chi connectivity index (χ1v) is 5.80. The van der Waals surface area contributed by atoms with E-state index in [1.165, 1.54) is 0 Å². The maximum absolute atomic E-state index is 13.4. The Bertz CT molecular complexity index is 379. The minimum absolute atomic E-state index is 0.174. The molecule has 0 radical (unpaired) electrons. The van der Waals surface area contributed by atoms with E-state index >= 15 is 0 Å². The number of hydrogen-bond acceptors (Lipinski definition) is 1. The molecule has 0 heterocycles. The molecule has 4 heteroatoms. The van der Waals surface area contributed by atoms with Crippen molar-refractivity contribution < 1.29 is 18.3 Å². The van der Waals surface area contributed by atoms with E-state index in [1.807, 2.05) is 6.92 Å². The van der Waals surface area contributed by atoms with E-state index in [1.54, 1.807) is 6.92 Å². The molecule has 96 valence electrons. The van der Waals surface area contributed by atoms with Gasteiger partial charge in [0, 0.05) is 5.56 Å². The van der Waals surface area contributed by atoms with Crippen LogP contribution in [0.5, 0.6) is 0 Å². The van der Waals surface area contributed by atoms with Crippen molar-refractivity contribution >= 4 is 0 Å². The topological polar surface area (TPSA) is 20.2 Å². The molecule has 1 aromatic carbocycles. The number of benzene rings is 1. The standard InChI is InChI=1S/C13H17F3O/c1-3-4-5-8(2)13(17)9-6-7-10(14)12(16)11(9)15/h6-8,13,17H,3-5H2,1-2H3. The third kappa shape index (κ3) is 3.22. The highest BCUT2D eigenvalue weighted by Crippen LogP contribution is 2.29. The summed E-state index contributed by atoms with van der Waals surface area (Å²) in [5, 5.41) is 9.88. The molecule has 1 aromatic rings. The van der Waals surface area contributed by atoms with E-state index in [0.717, 1.165) is 31.4 Å². The van der Waals surface area contributed by atoms with Crippen molar-refractivity contribution in [2.45, 2.75) is 39.2 Å². The zero-order valence-corrected chi connectivity index (χ0v) is 10.0. The Morgan fingerprint density at radius 2 is 1.82 bits per heavy atom. The minimum Gasteiger partial charge on any atom is -0.388 e. The van der Waals surface area contributed by atoms with Gasteiger partial charge in [0.2, 0.25) is 0 Å². The molecule has 0 amide bonds. The molecule has 1 rings (SSSR count). The molecule has 1 N–H and O–H groups in total. The predicted octanol–water partition coefficient (Wildman–Crippen LogP) is 3.96. The van der Waals surface area contributed by atoms with Crippen molar-refractivity contribution in [3.05, 3.63) is 35.1 Å². The van der Waals surface area contributed by atoms with E-state index in [0.29, 0.717) is 0 Å². The fourth-order valence-corrected chi connectivity index (χ4v) is 1.76. The Morgan fingerprint density at radius 1 is 1.18 bits per heavy atom. The highest BCUT2D eigenvalue weighted by molar-refractivity contribution is 5.22. The molecule has 0 fully saturated rings. The number of halogens is 3. The van der Waals surface area contributed by atoms with E-state index in [-0.39, 0.29) is 11.5 Å². The zero-order valence-electron chi connectivity index (χ0n) is 10.0. The second-order valence-electron chi connectivity index (χ2n) is 4.33. The quantitative estimate of drug-likeness (QED) is 0.779. The number of unbranched alkanes of at least 4 members (excludes halogenated alkanes) is 1. The summed E-state index contributed by atoms with van der Waals surface area (Å²) in [5.41, 5.74) is -0.174. The van der Waals surface area contributed by atoms with Gasteiger partial charge < -0.3 is 5.11 Å². The van der Waals surface area contributed by atoms with E-state index < -0.39 is 23.6 Å². The second kappa shape index (κ2) is 6.05. The van der Waals surface area contributed by atoms with Gasteiger partial charge in [-0.05, 0) is 18.4 Å². The largest absolute Gasteiger partial charge is 0.388 e. The molecule has 17 heavy (non-hydrogen) atoms. The average Bonchev–Trinajstić information content (AvgIpc) is 2.32. The van der Waals surface area contributed by atoms with Gasteiger partial charge in [0.1, 0.15) is 0 Å². The smallest absolute Gasteiger partial charge is 0.194 e. The van der Waals surface area contributed by atoms with Crippen molar-refractivity contribution in [1.82, 2.24) is 0 Å². The molecule has 2 atom stereocenters. The average molecular weight is 246 g/mol. The lowest BCUT2D eigenvalue weighted by molar-refractivity contribution is 0.106. The normalized spacial score (nSPS) is 14.7. The Hall–Kier alpha value is -1.03. The molecule has 0 aliphatic rings. The van der Waals surface area contributed by atoms with Crippen molar-refractivity contribution in [3.63, 3.8) is 0 Å². The van der Waals surface area contributed by atoms with Crippen LogP contribution in [0.25, 0.3) is 0 Å². The van der Waals surface area contributed by atoms with E-state index in [4.69, 9.17) is 0 Å². The van der Waals surface area contributed by atoms with Gasteiger partial charge in [-0.25, -0.2) is 13.2 Å². The van der Waals surface area contributed by atoms with Gasteiger partial charge in [0.15, 0.2) is 17.5 Å². The number of rotatable bonds is 5. The SMILES string of the molecule is CCCCC(C)C(O)c1ccc(F)c(F)c1F. The van der Waals surface area contributed by atoms with Crippen LogP contribution in [0.2, 0.25) is 0 Å². The van der Waals surface area contributed by atoms with Gasteiger partial charge in [-0.3, -0.25) is 0 Å². The van der Waals surface area contributed by atoms with Crippen LogP contribution >= 0.6 is 0 Å². The van der Waals surface area contributed by atoms with Crippen LogP contribution in [0.15, 0.2) is 12.1 Å². The van der Waals surface area contributed by atoms with Crippen LogP contribution in [-0.4, -0.2) is 5.11 Å². The van der Waals surface area contributed by atoms with Crippen LogP contribution in [-0.2, 0) is 0 Å². The van der Waals surface area contributed by atoms with Gasteiger partial charge in [0.25, 0.3) is 0 Å². The van der Waals surface area contributed by atoms with Crippen molar-refractivity contribution in [2.75, 3.05) is 0 Å². The molecule has 1 nitrogen and oxygen atoms in total. The Morgan fingerprint density at radius 3 is 2.41 bits per heavy atom.